The second kappa shape index (κ2) is 35.6. The third kappa shape index (κ3) is 15.0. The molecule has 10 heteroatoms. The van der Waals surface area contributed by atoms with Crippen LogP contribution >= 0.6 is 7.14 Å². The molecule has 0 spiro atoms. The maximum atomic E-state index is 15.0. The van der Waals surface area contributed by atoms with E-state index in [1.54, 1.807) is 0 Å². The summed E-state index contributed by atoms with van der Waals surface area (Å²) < 4.78 is 15.0. The standard InChI is InChI=1S/C50H36NOP.C46H31N3.C43H30N4/c1-50(2)45-20-12-11-19-43(45)49-47(50)46(44-30-28-34-13-9-10-18-42(34)48(44)51-49)35-23-21-33(22-24-35)36-25-26-38-32-41(29-27-37(38)31-36)53(52,39-14-5-3-6-15-39)40-16-7-4-8-17-40;1-46(2)38-15-6-5-14-36(38)45-41(46)40(37-24-22-29-9-3-4-13-35(29)44(37)49-45)34-11-7-10-33(27-34)28-16-18-30(19-17-28)39-25-23-32-21-20-31-12-8-26-47-42(31)43(32)48-39;1-43(2)34-17-6-5-16-32(34)42-40(43)39(33-21-20-27-12-3-4-15-31(27)41(33)47-42)29-14-11-13-28(24-29)30-25-37(35-18-7-9-22-44-35)46-38(26-30)36-19-8-10-23-45-36/h3-32H,1-2H3;3-27H,1-2H3;3-26H,1-2H3. The van der Waals surface area contributed by atoms with Crippen LogP contribution < -0.4 is 15.9 Å². The fraction of sp³-hybridized carbons (Fsp3) is 0.0647. The number of aromatic nitrogens is 8. The minimum absolute atomic E-state index is 0.195. The van der Waals surface area contributed by atoms with Crippen molar-refractivity contribution in [3.8, 4) is 135 Å². The SMILES string of the molecule is CC1(C)c2ccccc2-c2nc3c(ccc4ccccc43)c(-c3ccc(-c4ccc5cc(P(=O)(c6ccccc6)c6ccccc6)ccc5c4)cc3)c21.CC1(C)c2ccccc2-c2nc3c(ccc4ccccc43)c(-c3cccc(-c4cc(-c5ccccn5)nc(-c5ccccn5)c4)c3)c21.CC1(C)c2ccccc2-c2nc3c(ccc4ccccc43)c(-c3cccc(-c4ccc(-c5ccc6ccc7cccnc7c6n5)cc4)c3)c21. The van der Waals surface area contributed by atoms with Crippen LogP contribution in [-0.4, -0.2) is 39.9 Å². The molecule has 0 saturated carbocycles. The van der Waals surface area contributed by atoms with E-state index >= 15 is 4.57 Å². The van der Waals surface area contributed by atoms with Crippen molar-refractivity contribution in [2.24, 2.45) is 0 Å². The molecule has 0 aliphatic heterocycles. The molecule has 3 aliphatic carbocycles. The number of benzene rings is 18. The number of fused-ring (bicyclic) bond motifs is 22. The van der Waals surface area contributed by atoms with E-state index in [9.17, 15) is 0 Å². The van der Waals surface area contributed by atoms with E-state index in [0.717, 1.165) is 144 Å². The number of hydrogen-bond donors (Lipinski definition) is 0. The zero-order chi connectivity index (χ0) is 100.0. The van der Waals surface area contributed by atoms with Crippen LogP contribution in [0.5, 0.6) is 0 Å². The van der Waals surface area contributed by atoms with Crippen LogP contribution in [0.1, 0.15) is 74.9 Å². The summed E-state index contributed by atoms with van der Waals surface area (Å²) in [4.78, 5) is 40.3. The molecule has 0 fully saturated rings. The average molecular weight is 1930 g/mol. The van der Waals surface area contributed by atoms with Gasteiger partial charge >= 0.3 is 0 Å². The van der Waals surface area contributed by atoms with Crippen LogP contribution in [0.25, 0.3) is 232 Å². The zero-order valence-electron chi connectivity index (χ0n) is 83.0. The van der Waals surface area contributed by atoms with Gasteiger partial charge in [0.2, 0.25) is 0 Å². The Balaban J connectivity index is 0.000000110. The maximum Gasteiger partial charge on any atom is 0.171 e. The van der Waals surface area contributed by atoms with Crippen LogP contribution in [0.2, 0.25) is 0 Å². The molecule has 3 aliphatic rings. The summed E-state index contributed by atoms with van der Waals surface area (Å²) in [5.41, 5.74) is 38.6. The molecular weight excluding hydrogens is 1830 g/mol. The lowest BCUT2D eigenvalue weighted by Crippen LogP contribution is -2.24. The summed E-state index contributed by atoms with van der Waals surface area (Å²) >= 11 is 0. The second-order valence-corrected chi connectivity index (χ2v) is 43.8. The van der Waals surface area contributed by atoms with E-state index < -0.39 is 7.14 Å². The molecule has 18 aromatic carbocycles. The molecule has 0 amide bonds. The molecule has 26 aromatic rings. The van der Waals surface area contributed by atoms with Gasteiger partial charge in [0.15, 0.2) is 7.14 Å². The van der Waals surface area contributed by atoms with Crippen molar-refractivity contribution in [3.63, 3.8) is 0 Å². The molecule has 29 rings (SSSR count). The van der Waals surface area contributed by atoms with Gasteiger partial charge in [0, 0.05) is 116 Å². The molecular formula is C139H97N8OP. The monoisotopic (exact) mass is 1920 g/mol. The van der Waals surface area contributed by atoms with Gasteiger partial charge in [-0.1, -0.05) is 430 Å². The van der Waals surface area contributed by atoms with Crippen LogP contribution in [0.3, 0.4) is 0 Å². The highest BCUT2D eigenvalue weighted by Crippen LogP contribution is 2.59. The van der Waals surface area contributed by atoms with Crippen molar-refractivity contribution in [1.82, 2.24) is 39.9 Å². The Morgan fingerprint density at radius 3 is 1.02 bits per heavy atom. The van der Waals surface area contributed by atoms with Crippen molar-refractivity contribution in [1.29, 1.82) is 0 Å². The van der Waals surface area contributed by atoms with E-state index in [2.05, 4.69) is 414 Å². The number of rotatable bonds is 12. The van der Waals surface area contributed by atoms with Crippen LogP contribution in [0.15, 0.2) is 480 Å². The van der Waals surface area contributed by atoms with Crippen molar-refractivity contribution in [2.45, 2.75) is 57.8 Å². The highest BCUT2D eigenvalue weighted by molar-refractivity contribution is 7.85. The van der Waals surface area contributed by atoms with Gasteiger partial charge in [-0.2, -0.15) is 0 Å². The predicted molar refractivity (Wildman–Crippen MR) is 620 cm³/mol. The predicted octanol–water partition coefficient (Wildman–Crippen LogP) is 34.2. The van der Waals surface area contributed by atoms with Crippen molar-refractivity contribution in [2.75, 3.05) is 0 Å². The topological polar surface area (TPSA) is 120 Å². The molecule has 0 radical (unpaired) electrons. The lowest BCUT2D eigenvalue weighted by atomic mass is 9.78. The van der Waals surface area contributed by atoms with Gasteiger partial charge in [-0.3, -0.25) is 15.0 Å². The summed E-state index contributed by atoms with van der Waals surface area (Å²) in [5.74, 6) is 0. The smallest absolute Gasteiger partial charge is 0.171 e. The van der Waals surface area contributed by atoms with Gasteiger partial charge in [-0.15, -0.1) is 0 Å². The highest BCUT2D eigenvalue weighted by Gasteiger charge is 2.44. The molecule has 0 unspecified atom stereocenters. The maximum absolute atomic E-state index is 15.0. The first-order valence-electron chi connectivity index (χ1n) is 51.1. The van der Waals surface area contributed by atoms with Crippen molar-refractivity contribution in [3.05, 3.63) is 513 Å². The van der Waals surface area contributed by atoms with E-state index in [1.165, 1.54) is 137 Å². The summed E-state index contributed by atoms with van der Waals surface area (Å²) in [6, 6.07) is 163. The van der Waals surface area contributed by atoms with E-state index in [1.807, 2.05) is 122 Å². The lowest BCUT2D eigenvalue weighted by Gasteiger charge is -2.25. The second-order valence-electron chi connectivity index (χ2n) is 41.0. The van der Waals surface area contributed by atoms with Crippen molar-refractivity contribution < 1.29 is 4.57 Å². The molecule has 0 bridgehead atoms. The third-order valence-corrected chi connectivity index (χ3v) is 34.3. The lowest BCUT2D eigenvalue weighted by molar-refractivity contribution is 0.592. The Kier molecular flexibility index (Phi) is 21.4. The molecule has 8 aromatic heterocycles. The largest absolute Gasteiger partial charge is 0.309 e. The zero-order valence-corrected chi connectivity index (χ0v) is 83.9. The van der Waals surface area contributed by atoms with Gasteiger partial charge in [0.25, 0.3) is 0 Å². The molecule has 0 saturated heterocycles. The Morgan fingerprint density at radius 2 is 0.544 bits per heavy atom. The van der Waals surface area contributed by atoms with Gasteiger partial charge in [0.1, 0.15) is 0 Å². The molecule has 149 heavy (non-hydrogen) atoms. The van der Waals surface area contributed by atoms with Gasteiger partial charge in [-0.25, -0.2) is 24.9 Å². The van der Waals surface area contributed by atoms with E-state index in [4.69, 9.17) is 24.9 Å². The molecule has 8 heterocycles. The minimum atomic E-state index is -3.06. The first-order valence-corrected chi connectivity index (χ1v) is 52.8. The first-order chi connectivity index (χ1) is 73.0. The third-order valence-electron chi connectivity index (χ3n) is 31.3. The van der Waals surface area contributed by atoms with Crippen LogP contribution in [0.4, 0.5) is 0 Å². The molecule has 704 valence electrons. The number of pyridine rings is 8. The Bertz CT molecular complexity index is 9930. The quantitative estimate of drug-likeness (QED) is 0.0870. The normalized spacial score (nSPS) is 13.2. The average Bonchev–Trinajstić information content (AvgIpc) is 1.56. The van der Waals surface area contributed by atoms with Gasteiger partial charge < -0.3 is 4.57 Å². The number of nitrogens with zero attached hydrogens (tertiary/aromatic N) is 8. The molecule has 0 atom stereocenters. The minimum Gasteiger partial charge on any atom is -0.309 e. The fourth-order valence-electron chi connectivity index (χ4n) is 24.0. The highest BCUT2D eigenvalue weighted by atomic mass is 31.2. The summed E-state index contributed by atoms with van der Waals surface area (Å²) in [5, 5.41) is 17.6. The summed E-state index contributed by atoms with van der Waals surface area (Å²) in [6.45, 7) is 14.0. The fourth-order valence-corrected chi connectivity index (χ4v) is 26.7. The Morgan fingerprint density at radius 1 is 0.188 bits per heavy atom. The van der Waals surface area contributed by atoms with Crippen LogP contribution in [-0.2, 0) is 20.8 Å². The Hall–Kier alpha value is -18.3. The van der Waals surface area contributed by atoms with Gasteiger partial charge in [-0.05, 0) is 200 Å². The van der Waals surface area contributed by atoms with Crippen LogP contribution in [0, 0.1) is 0 Å². The number of hydrogen-bond acceptors (Lipinski definition) is 9. The molecule has 9 nitrogen and oxygen atoms in total. The summed E-state index contributed by atoms with van der Waals surface area (Å²) in [6.07, 6.45) is 5.46. The Labute approximate surface area is 864 Å². The first kappa shape index (κ1) is 89.6. The van der Waals surface area contributed by atoms with Crippen molar-refractivity contribution >= 4 is 121 Å². The summed E-state index contributed by atoms with van der Waals surface area (Å²) in [7, 11) is -3.06. The van der Waals surface area contributed by atoms with E-state index in [-0.39, 0.29) is 16.2 Å². The van der Waals surface area contributed by atoms with Gasteiger partial charge in [0.05, 0.1) is 73.1 Å². The molecule has 0 N–H and O–H groups in total. The van der Waals surface area contributed by atoms with E-state index in [0.29, 0.717) is 0 Å².